The number of carbonyl (C=O) groups excluding carboxylic acids is 1. The third-order valence-electron chi connectivity index (χ3n) is 5.35. The summed E-state index contributed by atoms with van der Waals surface area (Å²) < 4.78 is 59.3. The molecule has 176 valence electrons. The van der Waals surface area contributed by atoms with Crippen LogP contribution in [0, 0.1) is 5.82 Å². The highest BCUT2D eigenvalue weighted by Crippen LogP contribution is 2.25. The molecule has 0 bridgehead atoms. The first kappa shape index (κ1) is 23.3. The molecule has 0 aliphatic rings. The van der Waals surface area contributed by atoms with Crippen LogP contribution in [-0.4, -0.2) is 34.0 Å². The van der Waals surface area contributed by atoms with E-state index in [1.54, 1.807) is 41.2 Å². The Kier molecular flexibility index (Phi) is 6.54. The molecule has 1 amide bonds. The van der Waals surface area contributed by atoms with E-state index < -0.39 is 24.2 Å². The minimum absolute atomic E-state index is 0.285. The van der Waals surface area contributed by atoms with Crippen molar-refractivity contribution in [2.24, 2.45) is 0 Å². The lowest BCUT2D eigenvalue weighted by molar-refractivity contribution is -0.174. The van der Waals surface area contributed by atoms with Crippen LogP contribution in [0.5, 0.6) is 5.75 Å². The summed E-state index contributed by atoms with van der Waals surface area (Å²) in [5.41, 5.74) is 2.28. The van der Waals surface area contributed by atoms with Gasteiger partial charge in [-0.1, -0.05) is 30.3 Å². The zero-order valence-electron chi connectivity index (χ0n) is 18.1. The van der Waals surface area contributed by atoms with Crippen LogP contribution < -0.4 is 10.1 Å². The second-order valence-corrected chi connectivity index (χ2v) is 7.86. The molecule has 2 atom stereocenters. The highest BCUT2D eigenvalue weighted by molar-refractivity contribution is 5.82. The van der Waals surface area contributed by atoms with Gasteiger partial charge in [-0.2, -0.15) is 18.3 Å². The monoisotopic (exact) mass is 471 g/mol. The van der Waals surface area contributed by atoms with E-state index in [1.807, 2.05) is 35.6 Å². The third-order valence-corrected chi connectivity index (χ3v) is 5.35. The number of rotatable bonds is 7. The zero-order valence-corrected chi connectivity index (χ0v) is 18.1. The minimum Gasteiger partial charge on any atom is -0.488 e. The topological polar surface area (TPSA) is 56.1 Å². The van der Waals surface area contributed by atoms with Gasteiger partial charge >= 0.3 is 12.1 Å². The number of halogens is 4. The second kappa shape index (κ2) is 9.54. The van der Waals surface area contributed by atoms with E-state index in [4.69, 9.17) is 4.74 Å². The summed E-state index contributed by atoms with van der Waals surface area (Å²) in [6, 6.07) is 19.3. The number of benzene rings is 3. The van der Waals surface area contributed by atoms with Crippen LogP contribution in [0.1, 0.15) is 12.5 Å². The van der Waals surface area contributed by atoms with Crippen LogP contribution >= 0.6 is 0 Å². The van der Waals surface area contributed by atoms with Gasteiger partial charge < -0.3 is 10.1 Å². The number of hydrogen-bond acceptors (Lipinski definition) is 3. The molecule has 3 aromatic carbocycles. The minimum atomic E-state index is -4.99. The van der Waals surface area contributed by atoms with E-state index in [0.717, 1.165) is 16.5 Å². The first-order chi connectivity index (χ1) is 16.2. The summed E-state index contributed by atoms with van der Waals surface area (Å²) in [5.74, 6) is -1.95. The lowest BCUT2D eigenvalue weighted by Gasteiger charge is -2.26. The molecule has 0 radical (unpaired) electrons. The average Bonchev–Trinajstić information content (AvgIpc) is 3.22. The zero-order chi connectivity index (χ0) is 24.3. The van der Waals surface area contributed by atoms with Gasteiger partial charge in [-0.25, -0.2) is 9.07 Å². The molecule has 0 fully saturated rings. The van der Waals surface area contributed by atoms with Gasteiger partial charge in [0.2, 0.25) is 0 Å². The second-order valence-electron chi connectivity index (χ2n) is 7.86. The summed E-state index contributed by atoms with van der Waals surface area (Å²) in [6.45, 7) is 1.47. The van der Waals surface area contributed by atoms with Gasteiger partial charge in [0.1, 0.15) is 17.7 Å². The molecule has 0 spiro atoms. The molecule has 0 saturated heterocycles. The third kappa shape index (κ3) is 5.36. The molecule has 4 rings (SSSR count). The lowest BCUT2D eigenvalue weighted by Crippen LogP contribution is -2.49. The van der Waals surface area contributed by atoms with Crippen molar-refractivity contribution in [3.8, 4) is 11.4 Å². The quantitative estimate of drug-likeness (QED) is 0.376. The van der Waals surface area contributed by atoms with Gasteiger partial charge in [0.25, 0.3) is 0 Å². The van der Waals surface area contributed by atoms with Crippen molar-refractivity contribution in [1.82, 2.24) is 15.1 Å². The highest BCUT2D eigenvalue weighted by atomic mass is 19.4. The molecule has 5 nitrogen and oxygen atoms in total. The van der Waals surface area contributed by atoms with Gasteiger partial charge in [-0.3, -0.25) is 4.79 Å². The standard InChI is InChI=1S/C25H21F4N3O2/c1-16(31-24(33)25(27,28)29)23(13-17-5-3-2-4-6-17)34-21-11-12-22-18(14-21)15-30-32(22)20-9-7-19(26)8-10-20/h2-12,14-16,23H,13H2,1H3,(H,31,33). The van der Waals surface area contributed by atoms with E-state index >= 15 is 0 Å². The maximum Gasteiger partial charge on any atom is 0.471 e. The Labute approximate surface area is 193 Å². The number of ether oxygens (including phenoxy) is 1. The average molecular weight is 471 g/mol. The Morgan fingerprint density at radius 2 is 1.76 bits per heavy atom. The van der Waals surface area contributed by atoms with Gasteiger partial charge in [0, 0.05) is 11.8 Å². The van der Waals surface area contributed by atoms with E-state index in [9.17, 15) is 22.4 Å². The van der Waals surface area contributed by atoms with Crippen LogP contribution in [0.25, 0.3) is 16.6 Å². The Hall–Kier alpha value is -3.88. The molecule has 1 aromatic heterocycles. The predicted molar refractivity (Wildman–Crippen MR) is 119 cm³/mol. The fraction of sp³-hybridized carbons (Fsp3) is 0.200. The number of fused-ring (bicyclic) bond motifs is 1. The summed E-state index contributed by atoms with van der Waals surface area (Å²) in [5, 5.41) is 7.06. The Balaban J connectivity index is 1.59. The van der Waals surface area contributed by atoms with Crippen molar-refractivity contribution < 1.29 is 27.1 Å². The van der Waals surface area contributed by atoms with E-state index in [-0.39, 0.29) is 12.2 Å². The van der Waals surface area contributed by atoms with Crippen LogP contribution in [0.15, 0.2) is 79.0 Å². The van der Waals surface area contributed by atoms with Gasteiger partial charge in [0.15, 0.2) is 0 Å². The van der Waals surface area contributed by atoms with Crippen molar-refractivity contribution in [3.05, 3.63) is 90.4 Å². The first-order valence-electron chi connectivity index (χ1n) is 10.5. The summed E-state index contributed by atoms with van der Waals surface area (Å²) in [7, 11) is 0. The smallest absolute Gasteiger partial charge is 0.471 e. The molecular weight excluding hydrogens is 450 g/mol. The Morgan fingerprint density at radius 3 is 2.44 bits per heavy atom. The molecule has 9 heteroatoms. The van der Waals surface area contributed by atoms with Gasteiger partial charge in [-0.15, -0.1) is 0 Å². The van der Waals surface area contributed by atoms with E-state index in [1.165, 1.54) is 19.1 Å². The molecule has 4 aromatic rings. The van der Waals surface area contributed by atoms with Crippen LogP contribution in [0.3, 0.4) is 0 Å². The van der Waals surface area contributed by atoms with E-state index in [2.05, 4.69) is 5.10 Å². The largest absolute Gasteiger partial charge is 0.488 e. The maximum absolute atomic E-state index is 13.2. The molecular formula is C25H21F4N3O2. The van der Waals surface area contributed by atoms with Crippen molar-refractivity contribution >= 4 is 16.8 Å². The first-order valence-corrected chi connectivity index (χ1v) is 10.5. The molecule has 2 unspecified atom stereocenters. The van der Waals surface area contributed by atoms with Crippen molar-refractivity contribution in [2.45, 2.75) is 31.7 Å². The van der Waals surface area contributed by atoms with Gasteiger partial charge in [0.05, 0.1) is 23.4 Å². The van der Waals surface area contributed by atoms with Crippen LogP contribution in [-0.2, 0) is 11.2 Å². The van der Waals surface area contributed by atoms with Crippen molar-refractivity contribution in [2.75, 3.05) is 0 Å². The number of nitrogens with zero attached hydrogens (tertiary/aromatic N) is 2. The number of amides is 1. The predicted octanol–water partition coefficient (Wildman–Crippen LogP) is 5.22. The molecule has 0 aliphatic heterocycles. The van der Waals surface area contributed by atoms with Crippen molar-refractivity contribution in [1.29, 1.82) is 0 Å². The van der Waals surface area contributed by atoms with E-state index in [0.29, 0.717) is 11.4 Å². The van der Waals surface area contributed by atoms with Crippen LogP contribution in [0.2, 0.25) is 0 Å². The molecule has 1 N–H and O–H groups in total. The SMILES string of the molecule is CC(NC(=O)C(F)(F)F)C(Cc1ccccc1)Oc1ccc2c(cnn2-c2ccc(F)cc2)c1. The molecule has 1 heterocycles. The van der Waals surface area contributed by atoms with Crippen LogP contribution in [0.4, 0.5) is 17.6 Å². The molecule has 0 saturated carbocycles. The summed E-state index contributed by atoms with van der Waals surface area (Å²) in [6.07, 6.45) is -3.85. The number of carbonyl (C=O) groups is 1. The Morgan fingerprint density at radius 1 is 1.06 bits per heavy atom. The highest BCUT2D eigenvalue weighted by Gasteiger charge is 2.40. The fourth-order valence-corrected chi connectivity index (χ4v) is 3.60. The van der Waals surface area contributed by atoms with Gasteiger partial charge in [-0.05, 0) is 55.0 Å². The lowest BCUT2D eigenvalue weighted by atomic mass is 10.0. The maximum atomic E-state index is 13.2. The number of alkyl halides is 3. The number of aromatic nitrogens is 2. The normalized spacial score (nSPS) is 13.4. The number of nitrogens with one attached hydrogen (secondary N) is 1. The summed E-state index contributed by atoms with van der Waals surface area (Å²) in [4.78, 5) is 11.5. The molecule has 0 aliphatic carbocycles. The summed E-state index contributed by atoms with van der Waals surface area (Å²) >= 11 is 0. The fourth-order valence-electron chi connectivity index (χ4n) is 3.60. The Bertz CT molecular complexity index is 1270. The number of hydrogen-bond donors (Lipinski definition) is 1. The molecule has 34 heavy (non-hydrogen) atoms. The van der Waals surface area contributed by atoms with Crippen molar-refractivity contribution in [3.63, 3.8) is 0 Å².